The van der Waals surface area contributed by atoms with Gasteiger partial charge >= 0.3 is 0 Å². The molecule has 1 fully saturated rings. The highest BCUT2D eigenvalue weighted by molar-refractivity contribution is 4.67. The van der Waals surface area contributed by atoms with Gasteiger partial charge in [-0.3, -0.25) is 4.90 Å². The molecular weight excluding hydrogens is 176 g/mol. The Bertz CT molecular complexity index is 144. The van der Waals surface area contributed by atoms with Gasteiger partial charge in [0.25, 0.3) is 0 Å². The van der Waals surface area contributed by atoms with Crippen molar-refractivity contribution in [2.45, 2.75) is 12.8 Å². The summed E-state index contributed by atoms with van der Waals surface area (Å²) in [7, 11) is 0. The van der Waals surface area contributed by atoms with Crippen molar-refractivity contribution in [3.05, 3.63) is 12.7 Å². The molecule has 1 aliphatic rings. The molecule has 82 valence electrons. The van der Waals surface area contributed by atoms with Crippen LogP contribution in [0.25, 0.3) is 0 Å². The molecule has 0 bridgehead atoms. The van der Waals surface area contributed by atoms with Crippen LogP contribution in [0.15, 0.2) is 12.7 Å². The standard InChI is InChI=1S/C11H22N2O/c1-2-3-4-5-12-6-7-13-8-10-14-11-9-13/h2,12H,1,3-11H2. The van der Waals surface area contributed by atoms with Gasteiger partial charge in [0.15, 0.2) is 0 Å². The summed E-state index contributed by atoms with van der Waals surface area (Å²) in [6, 6.07) is 0. The maximum atomic E-state index is 5.29. The molecule has 0 amide bonds. The Balaban J connectivity index is 1.85. The lowest BCUT2D eigenvalue weighted by Gasteiger charge is -2.26. The van der Waals surface area contributed by atoms with E-state index in [0.29, 0.717) is 0 Å². The van der Waals surface area contributed by atoms with Crippen LogP contribution in [0.3, 0.4) is 0 Å². The molecule has 3 heteroatoms. The number of hydrogen-bond donors (Lipinski definition) is 1. The highest BCUT2D eigenvalue weighted by Crippen LogP contribution is 1.94. The molecule has 1 rings (SSSR count). The van der Waals surface area contributed by atoms with Crippen LogP contribution in [0.2, 0.25) is 0 Å². The molecule has 0 spiro atoms. The number of unbranched alkanes of at least 4 members (excludes halogenated alkanes) is 1. The molecule has 1 N–H and O–H groups in total. The predicted molar refractivity (Wildman–Crippen MR) is 59.6 cm³/mol. The summed E-state index contributed by atoms with van der Waals surface area (Å²) in [6.45, 7) is 11.0. The fraction of sp³-hybridized carbons (Fsp3) is 0.818. The van der Waals surface area contributed by atoms with Crippen molar-refractivity contribution in [1.29, 1.82) is 0 Å². The summed E-state index contributed by atoms with van der Waals surface area (Å²) in [5.74, 6) is 0. The third kappa shape index (κ3) is 5.37. The molecule has 0 aromatic heterocycles. The van der Waals surface area contributed by atoms with Crippen molar-refractivity contribution in [3.63, 3.8) is 0 Å². The van der Waals surface area contributed by atoms with E-state index in [4.69, 9.17) is 4.74 Å². The first-order valence-electron chi connectivity index (χ1n) is 5.55. The van der Waals surface area contributed by atoms with Gasteiger partial charge in [0, 0.05) is 26.2 Å². The Morgan fingerprint density at radius 2 is 2.07 bits per heavy atom. The quantitative estimate of drug-likeness (QED) is 0.485. The normalized spacial score (nSPS) is 18.3. The Morgan fingerprint density at radius 3 is 2.79 bits per heavy atom. The highest BCUT2D eigenvalue weighted by atomic mass is 16.5. The van der Waals surface area contributed by atoms with E-state index in [9.17, 15) is 0 Å². The summed E-state index contributed by atoms with van der Waals surface area (Å²) in [5.41, 5.74) is 0. The second-order valence-electron chi connectivity index (χ2n) is 3.63. The van der Waals surface area contributed by atoms with Gasteiger partial charge in [-0.2, -0.15) is 0 Å². The lowest BCUT2D eigenvalue weighted by molar-refractivity contribution is 0.0384. The van der Waals surface area contributed by atoms with Crippen LogP contribution < -0.4 is 5.32 Å². The predicted octanol–water partition coefficient (Wildman–Crippen LogP) is 0.874. The van der Waals surface area contributed by atoms with Crippen molar-refractivity contribution in [2.24, 2.45) is 0 Å². The third-order valence-corrected chi connectivity index (χ3v) is 2.47. The van der Waals surface area contributed by atoms with Gasteiger partial charge in [-0.1, -0.05) is 6.08 Å². The lowest BCUT2D eigenvalue weighted by Crippen LogP contribution is -2.40. The Labute approximate surface area is 87.1 Å². The second-order valence-corrected chi connectivity index (χ2v) is 3.63. The molecule has 0 aromatic rings. The van der Waals surface area contributed by atoms with Crippen LogP contribution in [0, 0.1) is 0 Å². The van der Waals surface area contributed by atoms with E-state index in [0.717, 1.165) is 52.4 Å². The van der Waals surface area contributed by atoms with Gasteiger partial charge in [-0.05, 0) is 19.4 Å². The van der Waals surface area contributed by atoms with Gasteiger partial charge in [0.1, 0.15) is 0 Å². The zero-order valence-corrected chi connectivity index (χ0v) is 9.00. The molecule has 0 saturated carbocycles. The Kier molecular flexibility index (Phi) is 6.66. The minimum absolute atomic E-state index is 0.899. The van der Waals surface area contributed by atoms with Crippen molar-refractivity contribution in [2.75, 3.05) is 45.9 Å². The summed E-state index contributed by atoms with van der Waals surface area (Å²) < 4.78 is 5.29. The molecule has 0 atom stereocenters. The molecule has 14 heavy (non-hydrogen) atoms. The van der Waals surface area contributed by atoms with Crippen LogP contribution in [0.5, 0.6) is 0 Å². The van der Waals surface area contributed by atoms with Gasteiger partial charge < -0.3 is 10.1 Å². The van der Waals surface area contributed by atoms with E-state index in [1.807, 2.05) is 6.08 Å². The number of allylic oxidation sites excluding steroid dienone is 1. The molecule has 1 heterocycles. The topological polar surface area (TPSA) is 24.5 Å². The fourth-order valence-electron chi connectivity index (χ4n) is 1.56. The zero-order valence-electron chi connectivity index (χ0n) is 9.00. The monoisotopic (exact) mass is 198 g/mol. The third-order valence-electron chi connectivity index (χ3n) is 2.47. The van der Waals surface area contributed by atoms with Gasteiger partial charge in [-0.15, -0.1) is 6.58 Å². The molecule has 0 aromatic carbocycles. The van der Waals surface area contributed by atoms with Gasteiger partial charge in [0.2, 0.25) is 0 Å². The molecule has 3 nitrogen and oxygen atoms in total. The summed E-state index contributed by atoms with van der Waals surface area (Å²) in [6.07, 6.45) is 4.29. The zero-order chi connectivity index (χ0) is 10.1. The first-order chi connectivity index (χ1) is 6.93. The van der Waals surface area contributed by atoms with Crippen molar-refractivity contribution < 1.29 is 4.74 Å². The number of rotatable bonds is 7. The van der Waals surface area contributed by atoms with Crippen LogP contribution in [0.4, 0.5) is 0 Å². The van der Waals surface area contributed by atoms with Gasteiger partial charge in [-0.25, -0.2) is 0 Å². The van der Waals surface area contributed by atoms with Crippen molar-refractivity contribution >= 4 is 0 Å². The maximum absolute atomic E-state index is 5.29. The summed E-state index contributed by atoms with van der Waals surface area (Å²) in [5, 5.41) is 3.44. The summed E-state index contributed by atoms with van der Waals surface area (Å²) >= 11 is 0. The van der Waals surface area contributed by atoms with E-state index < -0.39 is 0 Å². The Morgan fingerprint density at radius 1 is 1.29 bits per heavy atom. The van der Waals surface area contributed by atoms with Crippen molar-refractivity contribution in [3.8, 4) is 0 Å². The lowest BCUT2D eigenvalue weighted by atomic mass is 10.3. The number of nitrogens with one attached hydrogen (secondary N) is 1. The van der Waals surface area contributed by atoms with Crippen LogP contribution in [-0.2, 0) is 4.74 Å². The first kappa shape index (κ1) is 11.7. The highest BCUT2D eigenvalue weighted by Gasteiger charge is 2.08. The SMILES string of the molecule is C=CCCCNCCN1CCOCC1. The molecule has 1 saturated heterocycles. The number of ether oxygens (including phenoxy) is 1. The Hall–Kier alpha value is -0.380. The minimum atomic E-state index is 0.899. The van der Waals surface area contributed by atoms with Crippen molar-refractivity contribution in [1.82, 2.24) is 10.2 Å². The molecule has 0 radical (unpaired) electrons. The van der Waals surface area contributed by atoms with E-state index >= 15 is 0 Å². The first-order valence-corrected chi connectivity index (χ1v) is 5.55. The smallest absolute Gasteiger partial charge is 0.0594 e. The number of morpholine rings is 1. The van der Waals surface area contributed by atoms with E-state index in [-0.39, 0.29) is 0 Å². The average molecular weight is 198 g/mol. The number of hydrogen-bond acceptors (Lipinski definition) is 3. The minimum Gasteiger partial charge on any atom is -0.379 e. The largest absolute Gasteiger partial charge is 0.379 e. The van der Waals surface area contributed by atoms with E-state index in [2.05, 4.69) is 16.8 Å². The van der Waals surface area contributed by atoms with Gasteiger partial charge in [0.05, 0.1) is 13.2 Å². The summed E-state index contributed by atoms with van der Waals surface area (Å²) in [4.78, 5) is 2.45. The van der Waals surface area contributed by atoms with Crippen LogP contribution in [-0.4, -0.2) is 50.8 Å². The maximum Gasteiger partial charge on any atom is 0.0594 e. The van der Waals surface area contributed by atoms with Crippen LogP contribution >= 0.6 is 0 Å². The molecule has 1 aliphatic heterocycles. The fourth-order valence-corrected chi connectivity index (χ4v) is 1.56. The molecule has 0 unspecified atom stereocenters. The molecular formula is C11H22N2O. The van der Waals surface area contributed by atoms with E-state index in [1.54, 1.807) is 0 Å². The van der Waals surface area contributed by atoms with Crippen LogP contribution in [0.1, 0.15) is 12.8 Å². The number of nitrogens with zero attached hydrogens (tertiary/aromatic N) is 1. The second kappa shape index (κ2) is 7.97. The van der Waals surface area contributed by atoms with E-state index in [1.165, 1.54) is 6.42 Å². The molecule has 0 aliphatic carbocycles. The average Bonchev–Trinajstić information content (AvgIpc) is 2.25.